The zero-order chi connectivity index (χ0) is 15.5. The number of thiazole rings is 1. The van der Waals surface area contributed by atoms with Crippen LogP contribution in [0.4, 0.5) is 5.13 Å². The molecule has 6 heteroatoms. The van der Waals surface area contributed by atoms with E-state index in [1.807, 2.05) is 19.9 Å². The highest BCUT2D eigenvalue weighted by Crippen LogP contribution is 2.23. The topological polar surface area (TPSA) is 45.2 Å². The van der Waals surface area contributed by atoms with Crippen molar-refractivity contribution in [1.29, 1.82) is 0 Å². The number of carbonyl (C=O) groups excluding carboxylic acids is 1. The molecule has 1 N–H and O–H groups in total. The van der Waals surface area contributed by atoms with E-state index in [1.54, 1.807) is 11.3 Å². The van der Waals surface area contributed by atoms with Crippen LogP contribution in [0.15, 0.2) is 11.4 Å². The summed E-state index contributed by atoms with van der Waals surface area (Å²) >= 11 is 3.16. The molecule has 3 heterocycles. The van der Waals surface area contributed by atoms with Crippen molar-refractivity contribution in [2.45, 2.75) is 39.7 Å². The first-order valence-electron chi connectivity index (χ1n) is 7.67. The molecule has 0 saturated carbocycles. The highest BCUT2D eigenvalue weighted by molar-refractivity contribution is 7.14. The minimum Gasteiger partial charge on any atom is -0.298 e. The number of hydrogen-bond acceptors (Lipinski definition) is 5. The van der Waals surface area contributed by atoms with Crippen molar-refractivity contribution in [3.63, 3.8) is 0 Å². The summed E-state index contributed by atoms with van der Waals surface area (Å²) < 4.78 is 0. The lowest BCUT2D eigenvalue weighted by molar-refractivity contribution is 0.102. The number of amides is 1. The molecule has 2 aromatic rings. The first-order chi connectivity index (χ1) is 10.6. The van der Waals surface area contributed by atoms with Crippen LogP contribution in [0.25, 0.3) is 0 Å². The second-order valence-electron chi connectivity index (χ2n) is 5.76. The Kier molecular flexibility index (Phi) is 4.90. The van der Waals surface area contributed by atoms with Crippen LogP contribution in [0.5, 0.6) is 0 Å². The molecule has 0 spiro atoms. The molecule has 118 valence electrons. The molecule has 1 aliphatic heterocycles. The first-order valence-corrected chi connectivity index (χ1v) is 9.36. The second-order valence-corrected chi connectivity index (χ2v) is 8.08. The molecule has 22 heavy (non-hydrogen) atoms. The summed E-state index contributed by atoms with van der Waals surface area (Å²) in [7, 11) is 0. The molecule has 3 rings (SSSR count). The maximum Gasteiger partial charge on any atom is 0.258 e. The zero-order valence-electron chi connectivity index (χ0n) is 13.0. The van der Waals surface area contributed by atoms with E-state index >= 15 is 0 Å². The van der Waals surface area contributed by atoms with Crippen molar-refractivity contribution in [2.24, 2.45) is 0 Å². The van der Waals surface area contributed by atoms with Crippen LogP contribution in [0.3, 0.4) is 0 Å². The van der Waals surface area contributed by atoms with Gasteiger partial charge in [0.1, 0.15) is 0 Å². The minimum atomic E-state index is -0.0549. The zero-order valence-corrected chi connectivity index (χ0v) is 14.6. The smallest absolute Gasteiger partial charge is 0.258 e. The maximum absolute atomic E-state index is 12.3. The fourth-order valence-electron chi connectivity index (χ4n) is 2.80. The Balaban J connectivity index is 1.61. The summed E-state index contributed by atoms with van der Waals surface area (Å²) in [6.45, 7) is 7.22. The van der Waals surface area contributed by atoms with E-state index < -0.39 is 0 Å². The molecule has 0 atom stereocenters. The fraction of sp³-hybridized carbons (Fsp3) is 0.500. The van der Waals surface area contributed by atoms with Gasteiger partial charge in [0.25, 0.3) is 5.91 Å². The Morgan fingerprint density at radius 3 is 2.77 bits per heavy atom. The van der Waals surface area contributed by atoms with Crippen molar-refractivity contribution in [3.05, 3.63) is 32.5 Å². The Morgan fingerprint density at radius 1 is 1.32 bits per heavy atom. The van der Waals surface area contributed by atoms with Crippen LogP contribution < -0.4 is 5.32 Å². The summed E-state index contributed by atoms with van der Waals surface area (Å²) in [5.74, 6) is -0.0549. The third kappa shape index (κ3) is 3.74. The predicted molar refractivity (Wildman–Crippen MR) is 93.0 cm³/mol. The number of nitrogens with one attached hydrogen (secondary N) is 1. The molecular formula is C16H21N3OS2. The molecule has 0 radical (unpaired) electrons. The number of aromatic nitrogens is 1. The fourth-order valence-corrected chi connectivity index (χ4v) is 4.42. The monoisotopic (exact) mass is 335 g/mol. The summed E-state index contributed by atoms with van der Waals surface area (Å²) in [6, 6.07) is 1.94. The average Bonchev–Trinajstić information content (AvgIpc) is 3.06. The Labute approximate surface area is 139 Å². The standard InChI is InChI=1S/C16H21N3OS2/c1-11-8-14(12(2)22-11)15(20)18-16-17-13(10-21-16)9-19-6-4-3-5-7-19/h8,10H,3-7,9H2,1-2H3,(H,17,18,20). The minimum absolute atomic E-state index is 0.0549. The number of aryl methyl sites for hydroxylation is 2. The number of nitrogens with zero attached hydrogens (tertiary/aromatic N) is 2. The molecule has 1 amide bonds. The number of rotatable bonds is 4. The van der Waals surface area contributed by atoms with Crippen LogP contribution >= 0.6 is 22.7 Å². The van der Waals surface area contributed by atoms with Gasteiger partial charge in [-0.05, 0) is 45.8 Å². The van der Waals surface area contributed by atoms with Crippen LogP contribution in [0.1, 0.15) is 45.1 Å². The lowest BCUT2D eigenvalue weighted by atomic mass is 10.1. The van der Waals surface area contributed by atoms with Gasteiger partial charge in [-0.25, -0.2) is 4.98 Å². The average molecular weight is 335 g/mol. The SMILES string of the molecule is Cc1cc(C(=O)Nc2nc(CN3CCCCC3)cs2)c(C)s1. The van der Waals surface area contributed by atoms with Crippen molar-refractivity contribution < 1.29 is 4.79 Å². The predicted octanol–water partition coefficient (Wildman–Crippen LogP) is 4.06. The van der Waals surface area contributed by atoms with Gasteiger partial charge >= 0.3 is 0 Å². The summed E-state index contributed by atoms with van der Waals surface area (Å²) in [5, 5.41) is 5.67. The van der Waals surface area contributed by atoms with Crippen LogP contribution in [-0.4, -0.2) is 28.9 Å². The van der Waals surface area contributed by atoms with E-state index in [0.29, 0.717) is 5.13 Å². The van der Waals surface area contributed by atoms with Gasteiger partial charge in [0.15, 0.2) is 5.13 Å². The van der Waals surface area contributed by atoms with Crippen molar-refractivity contribution in [1.82, 2.24) is 9.88 Å². The van der Waals surface area contributed by atoms with Gasteiger partial charge in [0.2, 0.25) is 0 Å². The van der Waals surface area contributed by atoms with Gasteiger partial charge in [-0.3, -0.25) is 15.0 Å². The number of likely N-dealkylation sites (tertiary alicyclic amines) is 1. The van der Waals surface area contributed by atoms with E-state index in [4.69, 9.17) is 0 Å². The number of anilines is 1. The molecule has 4 nitrogen and oxygen atoms in total. The quantitative estimate of drug-likeness (QED) is 0.916. The third-order valence-corrected chi connectivity index (χ3v) is 5.66. The number of hydrogen-bond donors (Lipinski definition) is 1. The van der Waals surface area contributed by atoms with E-state index in [0.717, 1.165) is 40.6 Å². The van der Waals surface area contributed by atoms with Crippen molar-refractivity contribution in [3.8, 4) is 0 Å². The van der Waals surface area contributed by atoms with Gasteiger partial charge in [0.05, 0.1) is 11.3 Å². The first kappa shape index (κ1) is 15.6. The number of thiophene rings is 1. The number of carbonyl (C=O) groups is 1. The molecule has 2 aromatic heterocycles. The summed E-state index contributed by atoms with van der Waals surface area (Å²) in [6.07, 6.45) is 3.91. The Bertz CT molecular complexity index is 656. The summed E-state index contributed by atoms with van der Waals surface area (Å²) in [4.78, 5) is 21.5. The summed E-state index contributed by atoms with van der Waals surface area (Å²) in [5.41, 5.74) is 1.82. The highest BCUT2D eigenvalue weighted by atomic mass is 32.1. The molecule has 0 aromatic carbocycles. The van der Waals surface area contributed by atoms with Crippen LogP contribution in [-0.2, 0) is 6.54 Å². The maximum atomic E-state index is 12.3. The highest BCUT2D eigenvalue weighted by Gasteiger charge is 2.15. The largest absolute Gasteiger partial charge is 0.298 e. The van der Waals surface area contributed by atoms with Gasteiger partial charge in [0, 0.05) is 21.7 Å². The van der Waals surface area contributed by atoms with Gasteiger partial charge in [-0.15, -0.1) is 22.7 Å². The normalized spacial score (nSPS) is 15.9. The lowest BCUT2D eigenvalue weighted by Gasteiger charge is -2.25. The molecule has 0 bridgehead atoms. The van der Waals surface area contributed by atoms with E-state index in [1.165, 1.54) is 30.6 Å². The molecule has 1 aliphatic rings. The number of piperidine rings is 1. The van der Waals surface area contributed by atoms with E-state index in [2.05, 4.69) is 20.6 Å². The molecule has 1 saturated heterocycles. The Morgan fingerprint density at radius 2 is 2.09 bits per heavy atom. The molecule has 1 fully saturated rings. The molecular weight excluding hydrogens is 314 g/mol. The van der Waals surface area contributed by atoms with Crippen molar-refractivity contribution in [2.75, 3.05) is 18.4 Å². The second kappa shape index (κ2) is 6.89. The van der Waals surface area contributed by atoms with E-state index in [9.17, 15) is 4.79 Å². The molecule has 0 aliphatic carbocycles. The molecule has 0 unspecified atom stereocenters. The van der Waals surface area contributed by atoms with Crippen molar-refractivity contribution >= 4 is 33.7 Å². The Hall–Kier alpha value is -1.24. The lowest BCUT2D eigenvalue weighted by Crippen LogP contribution is -2.29. The van der Waals surface area contributed by atoms with Gasteiger partial charge in [-0.1, -0.05) is 6.42 Å². The van der Waals surface area contributed by atoms with Gasteiger partial charge in [-0.2, -0.15) is 0 Å². The van der Waals surface area contributed by atoms with Crippen LogP contribution in [0, 0.1) is 13.8 Å². The van der Waals surface area contributed by atoms with E-state index in [-0.39, 0.29) is 5.91 Å². The third-order valence-electron chi connectivity index (χ3n) is 3.89. The van der Waals surface area contributed by atoms with Crippen LogP contribution in [0.2, 0.25) is 0 Å². The van der Waals surface area contributed by atoms with Gasteiger partial charge < -0.3 is 0 Å².